The molecule has 0 saturated carbocycles. The largest absolute Gasteiger partial charge is 0.289 e. The van der Waals surface area contributed by atoms with E-state index in [0.29, 0.717) is 0 Å². The Morgan fingerprint density at radius 1 is 0.706 bits per heavy atom. The fraction of sp³-hybridized carbons (Fsp3) is 0.188. The highest BCUT2D eigenvalue weighted by molar-refractivity contribution is 6.01. The quantitative estimate of drug-likeness (QED) is 0.728. The zero-order valence-corrected chi connectivity index (χ0v) is 9.76. The minimum atomic E-state index is 0.996. The number of hydrogen-bond donors (Lipinski definition) is 0. The predicted octanol–water partition coefficient (Wildman–Crippen LogP) is 3.94. The summed E-state index contributed by atoms with van der Waals surface area (Å²) in [5.41, 5.74) is 5.09. The molecule has 1 heteroatoms. The Morgan fingerprint density at radius 3 is 2.00 bits per heavy atom. The van der Waals surface area contributed by atoms with Crippen molar-refractivity contribution in [2.75, 3.05) is 6.54 Å². The SMILES string of the molecule is c1ccc(-c2ccc(C3=NCCC3)cc2)cc1. The number of nitrogens with zero attached hydrogens (tertiary/aromatic N) is 1. The number of benzene rings is 2. The third-order valence-corrected chi connectivity index (χ3v) is 3.20. The van der Waals surface area contributed by atoms with Crippen molar-refractivity contribution >= 4 is 5.71 Å². The molecule has 1 heterocycles. The summed E-state index contributed by atoms with van der Waals surface area (Å²) >= 11 is 0. The first-order valence-electron chi connectivity index (χ1n) is 6.13. The molecule has 3 rings (SSSR count). The van der Waals surface area contributed by atoms with Crippen LogP contribution in [0.3, 0.4) is 0 Å². The van der Waals surface area contributed by atoms with Gasteiger partial charge >= 0.3 is 0 Å². The van der Waals surface area contributed by atoms with E-state index in [4.69, 9.17) is 0 Å². The molecule has 2 aromatic rings. The molecule has 1 aliphatic rings. The molecule has 0 saturated heterocycles. The van der Waals surface area contributed by atoms with Crippen LogP contribution in [-0.2, 0) is 0 Å². The van der Waals surface area contributed by atoms with Crippen molar-refractivity contribution in [3.05, 3.63) is 60.2 Å². The molecule has 1 aliphatic heterocycles. The van der Waals surface area contributed by atoms with Gasteiger partial charge in [-0.1, -0.05) is 54.6 Å². The molecular formula is C16H15N. The van der Waals surface area contributed by atoms with Crippen molar-refractivity contribution in [1.29, 1.82) is 0 Å². The van der Waals surface area contributed by atoms with Crippen LogP contribution in [0.25, 0.3) is 11.1 Å². The normalized spacial score (nSPS) is 14.7. The van der Waals surface area contributed by atoms with Gasteiger partial charge in [0.2, 0.25) is 0 Å². The van der Waals surface area contributed by atoms with Crippen LogP contribution in [0.2, 0.25) is 0 Å². The van der Waals surface area contributed by atoms with Gasteiger partial charge in [-0.05, 0) is 29.5 Å². The highest BCUT2D eigenvalue weighted by Crippen LogP contribution is 2.21. The maximum atomic E-state index is 4.53. The molecule has 84 valence electrons. The molecule has 0 aliphatic carbocycles. The third-order valence-electron chi connectivity index (χ3n) is 3.20. The highest BCUT2D eigenvalue weighted by Gasteiger charge is 2.08. The molecule has 0 spiro atoms. The van der Waals surface area contributed by atoms with E-state index in [1.54, 1.807) is 0 Å². The van der Waals surface area contributed by atoms with Gasteiger partial charge < -0.3 is 0 Å². The molecule has 2 aromatic carbocycles. The summed E-state index contributed by atoms with van der Waals surface area (Å²) in [6.45, 7) is 0.996. The summed E-state index contributed by atoms with van der Waals surface area (Å²) in [4.78, 5) is 4.53. The molecule has 0 radical (unpaired) electrons. The number of aliphatic imine (C=N–C) groups is 1. The van der Waals surface area contributed by atoms with Crippen molar-refractivity contribution in [2.45, 2.75) is 12.8 Å². The minimum Gasteiger partial charge on any atom is -0.289 e. The molecule has 0 amide bonds. The van der Waals surface area contributed by atoms with Gasteiger partial charge in [-0.3, -0.25) is 4.99 Å². The van der Waals surface area contributed by atoms with E-state index in [9.17, 15) is 0 Å². The van der Waals surface area contributed by atoms with E-state index in [2.05, 4.69) is 53.5 Å². The van der Waals surface area contributed by atoms with E-state index in [1.165, 1.54) is 28.8 Å². The van der Waals surface area contributed by atoms with Crippen molar-refractivity contribution in [1.82, 2.24) is 0 Å². The zero-order chi connectivity index (χ0) is 11.5. The summed E-state index contributed by atoms with van der Waals surface area (Å²) in [6.07, 6.45) is 2.33. The highest BCUT2D eigenvalue weighted by atomic mass is 14.8. The van der Waals surface area contributed by atoms with Crippen LogP contribution in [-0.4, -0.2) is 12.3 Å². The lowest BCUT2D eigenvalue weighted by atomic mass is 10.0. The standard InChI is InChI=1S/C16H15N/c1-2-5-13(6-3-1)14-8-10-15(11-9-14)16-7-4-12-17-16/h1-3,5-6,8-11H,4,7,12H2. The van der Waals surface area contributed by atoms with Gasteiger partial charge in [0.05, 0.1) is 0 Å². The van der Waals surface area contributed by atoms with Crippen molar-refractivity contribution in [3.8, 4) is 11.1 Å². The second-order valence-electron chi connectivity index (χ2n) is 4.38. The zero-order valence-electron chi connectivity index (χ0n) is 9.76. The van der Waals surface area contributed by atoms with Crippen molar-refractivity contribution < 1.29 is 0 Å². The first kappa shape index (κ1) is 10.3. The molecule has 0 fully saturated rings. The molecule has 1 nitrogen and oxygen atoms in total. The second kappa shape index (κ2) is 4.54. The maximum absolute atomic E-state index is 4.53. The Balaban J connectivity index is 1.90. The van der Waals surface area contributed by atoms with Gasteiger partial charge in [0.1, 0.15) is 0 Å². The molecule has 17 heavy (non-hydrogen) atoms. The molecule has 0 unspecified atom stereocenters. The van der Waals surface area contributed by atoms with Gasteiger partial charge in [0.15, 0.2) is 0 Å². The Kier molecular flexibility index (Phi) is 2.74. The molecule has 0 bridgehead atoms. The van der Waals surface area contributed by atoms with Gasteiger partial charge in [0, 0.05) is 12.3 Å². The summed E-state index contributed by atoms with van der Waals surface area (Å²) in [6, 6.07) is 19.2. The average molecular weight is 221 g/mol. The fourth-order valence-electron chi connectivity index (χ4n) is 2.26. The van der Waals surface area contributed by atoms with Crippen LogP contribution >= 0.6 is 0 Å². The van der Waals surface area contributed by atoms with Crippen LogP contribution in [0.5, 0.6) is 0 Å². The Hall–Kier alpha value is -1.89. The summed E-state index contributed by atoms with van der Waals surface area (Å²) < 4.78 is 0. The van der Waals surface area contributed by atoms with Crippen LogP contribution in [0.4, 0.5) is 0 Å². The van der Waals surface area contributed by atoms with Crippen LogP contribution in [0.15, 0.2) is 59.6 Å². The van der Waals surface area contributed by atoms with Crippen LogP contribution in [0, 0.1) is 0 Å². The number of rotatable bonds is 2. The van der Waals surface area contributed by atoms with Crippen molar-refractivity contribution in [2.24, 2.45) is 4.99 Å². The van der Waals surface area contributed by atoms with Gasteiger partial charge in [-0.15, -0.1) is 0 Å². The van der Waals surface area contributed by atoms with E-state index < -0.39 is 0 Å². The summed E-state index contributed by atoms with van der Waals surface area (Å²) in [5, 5.41) is 0. The lowest BCUT2D eigenvalue weighted by Gasteiger charge is -2.04. The Bertz CT molecular complexity index is 523. The minimum absolute atomic E-state index is 0.996. The molecule has 0 aromatic heterocycles. The third kappa shape index (κ3) is 2.14. The van der Waals surface area contributed by atoms with E-state index >= 15 is 0 Å². The van der Waals surface area contributed by atoms with Crippen molar-refractivity contribution in [3.63, 3.8) is 0 Å². The fourth-order valence-corrected chi connectivity index (χ4v) is 2.26. The first-order chi connectivity index (χ1) is 8.43. The summed E-state index contributed by atoms with van der Waals surface area (Å²) in [5.74, 6) is 0. The first-order valence-corrected chi connectivity index (χ1v) is 6.13. The maximum Gasteiger partial charge on any atom is 0.0421 e. The molecule has 0 atom stereocenters. The molecule has 0 N–H and O–H groups in total. The lowest BCUT2D eigenvalue weighted by Crippen LogP contribution is -1.95. The number of hydrogen-bond acceptors (Lipinski definition) is 1. The van der Waals surface area contributed by atoms with E-state index in [0.717, 1.165) is 13.0 Å². The lowest BCUT2D eigenvalue weighted by molar-refractivity contribution is 0.951. The van der Waals surface area contributed by atoms with Gasteiger partial charge in [0.25, 0.3) is 0 Å². The molecular weight excluding hydrogens is 206 g/mol. The predicted molar refractivity (Wildman–Crippen MR) is 72.5 cm³/mol. The Morgan fingerprint density at radius 2 is 1.35 bits per heavy atom. The van der Waals surface area contributed by atoms with Crippen LogP contribution in [0.1, 0.15) is 18.4 Å². The van der Waals surface area contributed by atoms with E-state index in [1.807, 2.05) is 6.07 Å². The van der Waals surface area contributed by atoms with Gasteiger partial charge in [-0.2, -0.15) is 0 Å². The average Bonchev–Trinajstić information content (AvgIpc) is 2.94. The second-order valence-corrected chi connectivity index (χ2v) is 4.38. The van der Waals surface area contributed by atoms with Gasteiger partial charge in [-0.25, -0.2) is 0 Å². The van der Waals surface area contributed by atoms with E-state index in [-0.39, 0.29) is 0 Å². The topological polar surface area (TPSA) is 12.4 Å². The van der Waals surface area contributed by atoms with Crippen LogP contribution < -0.4 is 0 Å². The smallest absolute Gasteiger partial charge is 0.0421 e. The summed E-state index contributed by atoms with van der Waals surface area (Å²) in [7, 11) is 0. The monoisotopic (exact) mass is 221 g/mol. The Labute approximate surface area is 102 Å².